The highest BCUT2D eigenvalue weighted by Crippen LogP contribution is 2.04. The minimum absolute atomic E-state index is 0. The largest absolute Gasteiger partial charge is 0.379 e. The number of hydrogen-bond acceptors (Lipinski definition) is 3. The van der Waals surface area contributed by atoms with Gasteiger partial charge in [-0.1, -0.05) is 0 Å². The van der Waals surface area contributed by atoms with Crippen LogP contribution >= 0.6 is 12.4 Å². The van der Waals surface area contributed by atoms with Gasteiger partial charge in [0.05, 0.1) is 12.3 Å². The molecular formula is C12H24ClN3O. The Hall–Kier alpha value is -0.580. The molecule has 0 saturated heterocycles. The highest BCUT2D eigenvalue weighted by Gasteiger charge is 2.02. The Morgan fingerprint density at radius 3 is 2.71 bits per heavy atom. The van der Waals surface area contributed by atoms with Crippen molar-refractivity contribution in [1.82, 2.24) is 15.1 Å². The van der Waals surface area contributed by atoms with Crippen LogP contribution in [0.2, 0.25) is 0 Å². The Balaban J connectivity index is 0.00000256. The number of hydrogen-bond donors (Lipinski definition) is 1. The minimum Gasteiger partial charge on any atom is -0.379 e. The van der Waals surface area contributed by atoms with Crippen LogP contribution in [-0.4, -0.2) is 29.0 Å². The number of aryl methyl sites for hydroxylation is 1. The predicted molar refractivity (Wildman–Crippen MR) is 72.6 cm³/mol. The molecule has 1 aromatic heterocycles. The lowest BCUT2D eigenvalue weighted by Crippen LogP contribution is -2.17. The number of halogens is 1. The molecule has 1 rings (SSSR count). The van der Waals surface area contributed by atoms with E-state index in [1.807, 2.05) is 17.9 Å². The maximum atomic E-state index is 5.47. The zero-order valence-corrected chi connectivity index (χ0v) is 12.0. The zero-order chi connectivity index (χ0) is 12.0. The number of aromatic nitrogens is 2. The second-order valence-electron chi connectivity index (χ2n) is 4.33. The molecular weight excluding hydrogens is 238 g/mol. The highest BCUT2D eigenvalue weighted by atomic mass is 35.5. The molecule has 0 amide bonds. The molecule has 1 aromatic rings. The molecule has 0 aliphatic rings. The van der Waals surface area contributed by atoms with E-state index in [-0.39, 0.29) is 12.4 Å². The van der Waals surface area contributed by atoms with Crippen LogP contribution in [0.1, 0.15) is 31.5 Å². The minimum atomic E-state index is 0. The molecule has 0 atom stereocenters. The Morgan fingerprint density at radius 2 is 2.18 bits per heavy atom. The molecule has 0 spiro atoms. The summed E-state index contributed by atoms with van der Waals surface area (Å²) in [4.78, 5) is 0. The summed E-state index contributed by atoms with van der Waals surface area (Å²) < 4.78 is 7.37. The van der Waals surface area contributed by atoms with Gasteiger partial charge in [0, 0.05) is 31.5 Å². The number of nitrogens with one attached hydrogen (secondary N) is 1. The van der Waals surface area contributed by atoms with E-state index in [4.69, 9.17) is 4.74 Å². The van der Waals surface area contributed by atoms with Gasteiger partial charge < -0.3 is 10.1 Å². The summed E-state index contributed by atoms with van der Waals surface area (Å²) >= 11 is 0. The van der Waals surface area contributed by atoms with E-state index in [9.17, 15) is 0 Å². The van der Waals surface area contributed by atoms with Crippen LogP contribution in [-0.2, 0) is 18.3 Å². The van der Waals surface area contributed by atoms with Crippen molar-refractivity contribution in [3.63, 3.8) is 0 Å². The van der Waals surface area contributed by atoms with Crippen LogP contribution in [0.5, 0.6) is 0 Å². The third kappa shape index (κ3) is 6.05. The van der Waals surface area contributed by atoms with Gasteiger partial charge in [-0.3, -0.25) is 4.68 Å². The molecule has 1 heterocycles. The molecule has 100 valence electrons. The third-order valence-electron chi connectivity index (χ3n) is 2.60. The van der Waals surface area contributed by atoms with E-state index in [0.717, 1.165) is 26.1 Å². The predicted octanol–water partition coefficient (Wildman–Crippen LogP) is 2.06. The molecule has 0 aromatic carbocycles. The van der Waals surface area contributed by atoms with Crippen molar-refractivity contribution in [1.29, 1.82) is 0 Å². The number of rotatable bonds is 7. The first-order chi connectivity index (χ1) is 7.61. The van der Waals surface area contributed by atoms with E-state index < -0.39 is 0 Å². The van der Waals surface area contributed by atoms with Crippen molar-refractivity contribution in [2.24, 2.45) is 7.05 Å². The van der Waals surface area contributed by atoms with Crippen molar-refractivity contribution >= 4 is 12.4 Å². The summed E-state index contributed by atoms with van der Waals surface area (Å²) in [6.07, 6.45) is 3.31. The van der Waals surface area contributed by atoms with Crippen molar-refractivity contribution in [2.45, 2.75) is 39.8 Å². The molecule has 0 bridgehead atoms. The first kappa shape index (κ1) is 16.4. The van der Waals surface area contributed by atoms with E-state index in [2.05, 4.69) is 31.2 Å². The fourth-order valence-corrected chi connectivity index (χ4v) is 1.46. The second-order valence-corrected chi connectivity index (χ2v) is 4.33. The Bertz CT molecular complexity index is 313. The van der Waals surface area contributed by atoms with Gasteiger partial charge in [0.2, 0.25) is 0 Å². The summed E-state index contributed by atoms with van der Waals surface area (Å²) in [6.45, 7) is 8.92. The Kier molecular flexibility index (Phi) is 8.21. The lowest BCUT2D eigenvalue weighted by atomic mass is 10.2. The number of nitrogens with zero attached hydrogens (tertiary/aromatic N) is 2. The van der Waals surface area contributed by atoms with E-state index in [1.165, 1.54) is 11.3 Å². The van der Waals surface area contributed by atoms with Crippen LogP contribution in [0.4, 0.5) is 0 Å². The highest BCUT2D eigenvalue weighted by molar-refractivity contribution is 5.85. The summed E-state index contributed by atoms with van der Waals surface area (Å²) in [7, 11) is 1.97. The fourth-order valence-electron chi connectivity index (χ4n) is 1.46. The Morgan fingerprint density at radius 1 is 1.47 bits per heavy atom. The van der Waals surface area contributed by atoms with Crippen molar-refractivity contribution in [3.8, 4) is 0 Å². The van der Waals surface area contributed by atoms with Gasteiger partial charge in [0.1, 0.15) is 0 Å². The smallest absolute Gasteiger partial charge is 0.0537 e. The zero-order valence-electron chi connectivity index (χ0n) is 11.2. The van der Waals surface area contributed by atoms with Crippen LogP contribution in [0.3, 0.4) is 0 Å². The average Bonchev–Trinajstić information content (AvgIpc) is 2.54. The maximum Gasteiger partial charge on any atom is 0.0537 e. The first-order valence-corrected chi connectivity index (χ1v) is 5.91. The molecule has 5 heteroatoms. The maximum absolute atomic E-state index is 5.47. The summed E-state index contributed by atoms with van der Waals surface area (Å²) in [5.41, 5.74) is 2.50. The van der Waals surface area contributed by atoms with E-state index in [1.54, 1.807) is 0 Å². The van der Waals surface area contributed by atoms with E-state index >= 15 is 0 Å². The van der Waals surface area contributed by atoms with Crippen LogP contribution in [0.15, 0.2) is 6.20 Å². The molecule has 0 aliphatic heterocycles. The van der Waals surface area contributed by atoms with Crippen LogP contribution < -0.4 is 5.32 Å². The van der Waals surface area contributed by atoms with Crippen molar-refractivity contribution in [3.05, 3.63) is 17.5 Å². The Labute approximate surface area is 110 Å². The molecule has 0 fully saturated rings. The number of ether oxygens (including phenoxy) is 1. The van der Waals surface area contributed by atoms with E-state index in [0.29, 0.717) is 6.10 Å². The average molecular weight is 262 g/mol. The molecule has 0 saturated carbocycles. The van der Waals surface area contributed by atoms with Gasteiger partial charge in [-0.2, -0.15) is 5.10 Å². The molecule has 17 heavy (non-hydrogen) atoms. The fraction of sp³-hybridized carbons (Fsp3) is 0.750. The SMILES string of the molecule is Cc1c(CNCCCOC(C)C)cnn1C.Cl. The topological polar surface area (TPSA) is 39.1 Å². The lowest BCUT2D eigenvalue weighted by Gasteiger charge is -2.08. The van der Waals surface area contributed by atoms with Crippen molar-refractivity contribution in [2.75, 3.05) is 13.2 Å². The molecule has 0 aliphatic carbocycles. The normalized spacial score (nSPS) is 10.6. The molecule has 0 unspecified atom stereocenters. The summed E-state index contributed by atoms with van der Waals surface area (Å²) in [6, 6.07) is 0. The van der Waals surface area contributed by atoms with Gasteiger partial charge in [0.15, 0.2) is 0 Å². The monoisotopic (exact) mass is 261 g/mol. The standard InChI is InChI=1S/C12H23N3O.ClH/c1-10(2)16-7-5-6-13-8-12-9-14-15(4)11(12)3;/h9-10,13H,5-8H2,1-4H3;1H. The second kappa shape index (κ2) is 8.50. The van der Waals surface area contributed by atoms with Gasteiger partial charge in [-0.15, -0.1) is 12.4 Å². The lowest BCUT2D eigenvalue weighted by molar-refractivity contribution is 0.0770. The van der Waals surface area contributed by atoms with Gasteiger partial charge in [0.25, 0.3) is 0 Å². The van der Waals surface area contributed by atoms with Crippen LogP contribution in [0.25, 0.3) is 0 Å². The van der Waals surface area contributed by atoms with Gasteiger partial charge in [-0.25, -0.2) is 0 Å². The van der Waals surface area contributed by atoms with Gasteiger partial charge >= 0.3 is 0 Å². The first-order valence-electron chi connectivity index (χ1n) is 5.91. The van der Waals surface area contributed by atoms with Crippen LogP contribution in [0, 0.1) is 6.92 Å². The van der Waals surface area contributed by atoms with Crippen molar-refractivity contribution < 1.29 is 4.74 Å². The summed E-state index contributed by atoms with van der Waals surface area (Å²) in [5, 5.41) is 7.60. The quantitative estimate of drug-likeness (QED) is 0.764. The molecule has 0 radical (unpaired) electrons. The van der Waals surface area contributed by atoms with Gasteiger partial charge in [-0.05, 0) is 33.7 Å². The summed E-state index contributed by atoms with van der Waals surface area (Å²) in [5.74, 6) is 0. The molecule has 4 nitrogen and oxygen atoms in total. The molecule has 1 N–H and O–H groups in total. The third-order valence-corrected chi connectivity index (χ3v) is 2.60.